The van der Waals surface area contributed by atoms with Gasteiger partial charge in [0.1, 0.15) is 0 Å². The molecule has 2 atom stereocenters. The lowest BCUT2D eigenvalue weighted by atomic mass is 9.87. The Balaban J connectivity index is 1.32. The molecule has 0 unspecified atom stereocenters. The van der Waals surface area contributed by atoms with Crippen molar-refractivity contribution in [1.29, 1.82) is 0 Å². The van der Waals surface area contributed by atoms with Crippen LogP contribution in [0.4, 0.5) is 0 Å². The minimum absolute atomic E-state index is 0.143. The molecule has 2 amide bonds. The van der Waals surface area contributed by atoms with Gasteiger partial charge in [0.25, 0.3) is 0 Å². The van der Waals surface area contributed by atoms with Gasteiger partial charge >= 0.3 is 0 Å². The quantitative estimate of drug-likeness (QED) is 0.745. The molecular formula is C18H32N4O2. The predicted octanol–water partition coefficient (Wildman–Crippen LogP) is 0.578. The number of piperazine rings is 1. The van der Waals surface area contributed by atoms with Crippen molar-refractivity contribution in [1.82, 2.24) is 20.4 Å². The summed E-state index contributed by atoms with van der Waals surface area (Å²) in [5, 5.41) is 6.48. The highest BCUT2D eigenvalue weighted by atomic mass is 16.2. The summed E-state index contributed by atoms with van der Waals surface area (Å²) in [6.07, 6.45) is 7.15. The van der Waals surface area contributed by atoms with Gasteiger partial charge < -0.3 is 15.5 Å². The van der Waals surface area contributed by atoms with Crippen molar-refractivity contribution in [2.75, 3.05) is 39.3 Å². The highest BCUT2D eigenvalue weighted by Gasteiger charge is 2.26. The van der Waals surface area contributed by atoms with Gasteiger partial charge in [0.2, 0.25) is 11.8 Å². The van der Waals surface area contributed by atoms with Crippen LogP contribution in [0.15, 0.2) is 0 Å². The summed E-state index contributed by atoms with van der Waals surface area (Å²) < 4.78 is 0. The number of amides is 2. The van der Waals surface area contributed by atoms with E-state index in [1.54, 1.807) is 0 Å². The predicted molar refractivity (Wildman–Crippen MR) is 93.6 cm³/mol. The van der Waals surface area contributed by atoms with E-state index in [-0.39, 0.29) is 11.8 Å². The number of nitrogens with one attached hydrogen (secondary N) is 2. The van der Waals surface area contributed by atoms with Gasteiger partial charge in [-0.1, -0.05) is 19.8 Å². The molecule has 0 bridgehead atoms. The van der Waals surface area contributed by atoms with Crippen LogP contribution in [-0.2, 0) is 9.59 Å². The van der Waals surface area contributed by atoms with Gasteiger partial charge in [0.15, 0.2) is 0 Å². The van der Waals surface area contributed by atoms with E-state index in [0.717, 1.165) is 44.9 Å². The van der Waals surface area contributed by atoms with Crippen molar-refractivity contribution in [3.05, 3.63) is 0 Å². The highest BCUT2D eigenvalue weighted by molar-refractivity contribution is 5.79. The van der Waals surface area contributed by atoms with Crippen molar-refractivity contribution >= 4 is 11.8 Å². The maximum atomic E-state index is 12.2. The normalized spacial score (nSPS) is 28.6. The van der Waals surface area contributed by atoms with E-state index in [0.29, 0.717) is 25.2 Å². The van der Waals surface area contributed by atoms with Gasteiger partial charge in [0.05, 0.1) is 13.1 Å². The Morgan fingerprint density at radius 3 is 2.42 bits per heavy atom. The number of carbonyl (C=O) groups excluding carboxylic acids is 2. The molecule has 136 valence electrons. The number of carbonyl (C=O) groups is 2. The molecule has 1 saturated heterocycles. The van der Waals surface area contributed by atoms with E-state index in [9.17, 15) is 9.59 Å². The maximum absolute atomic E-state index is 12.2. The SMILES string of the molecule is C[C@@H]1CCC[C@H](NC(=O)CN2CCN(C(=O)CNC3CC3)CC2)C1. The molecule has 2 saturated carbocycles. The fourth-order valence-electron chi connectivity index (χ4n) is 3.83. The molecule has 1 heterocycles. The Morgan fingerprint density at radius 2 is 1.75 bits per heavy atom. The second kappa shape index (κ2) is 8.30. The van der Waals surface area contributed by atoms with Crippen LogP contribution in [0.1, 0.15) is 45.4 Å². The van der Waals surface area contributed by atoms with E-state index in [1.807, 2.05) is 4.90 Å². The lowest BCUT2D eigenvalue weighted by Gasteiger charge is -2.35. The third kappa shape index (κ3) is 5.45. The van der Waals surface area contributed by atoms with Crippen LogP contribution in [-0.4, -0.2) is 73.0 Å². The first-order chi connectivity index (χ1) is 11.6. The molecule has 24 heavy (non-hydrogen) atoms. The monoisotopic (exact) mass is 336 g/mol. The first-order valence-electron chi connectivity index (χ1n) is 9.63. The van der Waals surface area contributed by atoms with Crippen LogP contribution in [0.2, 0.25) is 0 Å². The van der Waals surface area contributed by atoms with E-state index in [4.69, 9.17) is 0 Å². The van der Waals surface area contributed by atoms with Crippen molar-refractivity contribution in [2.45, 2.75) is 57.5 Å². The lowest BCUT2D eigenvalue weighted by Crippen LogP contribution is -2.53. The average Bonchev–Trinajstić information content (AvgIpc) is 3.37. The maximum Gasteiger partial charge on any atom is 0.236 e. The fourth-order valence-corrected chi connectivity index (χ4v) is 3.83. The fraction of sp³-hybridized carbons (Fsp3) is 0.889. The number of hydrogen-bond acceptors (Lipinski definition) is 4. The Kier molecular flexibility index (Phi) is 6.11. The molecule has 6 nitrogen and oxygen atoms in total. The van der Waals surface area contributed by atoms with Crippen LogP contribution in [0.25, 0.3) is 0 Å². The summed E-state index contributed by atoms with van der Waals surface area (Å²) in [5.41, 5.74) is 0. The second-order valence-corrected chi connectivity index (χ2v) is 7.85. The number of nitrogens with zero attached hydrogens (tertiary/aromatic N) is 2. The average molecular weight is 336 g/mol. The van der Waals surface area contributed by atoms with Crippen LogP contribution >= 0.6 is 0 Å². The zero-order valence-electron chi connectivity index (χ0n) is 14.9. The largest absolute Gasteiger partial charge is 0.352 e. The van der Waals surface area contributed by atoms with Crippen molar-refractivity contribution in [2.24, 2.45) is 5.92 Å². The van der Waals surface area contributed by atoms with Crippen LogP contribution in [0.3, 0.4) is 0 Å². The first kappa shape index (κ1) is 17.7. The molecule has 0 aromatic heterocycles. The third-order valence-electron chi connectivity index (χ3n) is 5.51. The Bertz CT molecular complexity index is 444. The van der Waals surface area contributed by atoms with E-state index in [2.05, 4.69) is 22.5 Å². The van der Waals surface area contributed by atoms with E-state index in [1.165, 1.54) is 25.7 Å². The molecule has 3 aliphatic rings. The molecule has 0 aromatic rings. The summed E-state index contributed by atoms with van der Waals surface area (Å²) in [7, 11) is 0. The lowest BCUT2D eigenvalue weighted by molar-refractivity contribution is -0.132. The molecule has 1 aliphatic heterocycles. The summed E-state index contributed by atoms with van der Waals surface area (Å²) in [6.45, 7) is 6.26. The Hall–Kier alpha value is -1.14. The number of hydrogen-bond donors (Lipinski definition) is 2. The van der Waals surface area contributed by atoms with Crippen molar-refractivity contribution < 1.29 is 9.59 Å². The van der Waals surface area contributed by atoms with Gasteiger partial charge in [-0.3, -0.25) is 14.5 Å². The van der Waals surface area contributed by atoms with Gasteiger partial charge in [0, 0.05) is 38.3 Å². The van der Waals surface area contributed by atoms with E-state index >= 15 is 0 Å². The molecule has 3 rings (SSSR count). The summed E-state index contributed by atoms with van der Waals surface area (Å²) >= 11 is 0. The van der Waals surface area contributed by atoms with Crippen molar-refractivity contribution in [3.8, 4) is 0 Å². The minimum Gasteiger partial charge on any atom is -0.352 e. The van der Waals surface area contributed by atoms with Gasteiger partial charge in [-0.2, -0.15) is 0 Å². The molecule has 3 fully saturated rings. The molecule has 6 heteroatoms. The molecule has 0 aromatic carbocycles. The topological polar surface area (TPSA) is 64.7 Å². The van der Waals surface area contributed by atoms with E-state index < -0.39 is 0 Å². The standard InChI is InChI=1S/C18H32N4O2/c1-14-3-2-4-16(11-14)20-17(23)13-21-7-9-22(10-8-21)18(24)12-19-15-5-6-15/h14-16,19H,2-13H2,1H3,(H,20,23)/t14-,16+/m1/s1. The molecule has 2 aliphatic carbocycles. The smallest absolute Gasteiger partial charge is 0.236 e. The molecule has 0 spiro atoms. The zero-order chi connectivity index (χ0) is 16.9. The molecular weight excluding hydrogens is 304 g/mol. The molecule has 0 radical (unpaired) electrons. The second-order valence-electron chi connectivity index (χ2n) is 7.85. The van der Waals surface area contributed by atoms with Crippen molar-refractivity contribution in [3.63, 3.8) is 0 Å². The minimum atomic E-state index is 0.143. The summed E-state index contributed by atoms with van der Waals surface area (Å²) in [6, 6.07) is 0.930. The first-order valence-corrected chi connectivity index (χ1v) is 9.63. The highest BCUT2D eigenvalue weighted by Crippen LogP contribution is 2.23. The van der Waals surface area contributed by atoms with Crippen LogP contribution < -0.4 is 10.6 Å². The van der Waals surface area contributed by atoms with Crippen LogP contribution in [0.5, 0.6) is 0 Å². The van der Waals surface area contributed by atoms with Gasteiger partial charge in [-0.25, -0.2) is 0 Å². The summed E-state index contributed by atoms with van der Waals surface area (Å²) in [5.74, 6) is 1.06. The number of rotatable bonds is 6. The molecule has 2 N–H and O–H groups in total. The zero-order valence-corrected chi connectivity index (χ0v) is 14.9. The van der Waals surface area contributed by atoms with Gasteiger partial charge in [-0.15, -0.1) is 0 Å². The van der Waals surface area contributed by atoms with Gasteiger partial charge in [-0.05, 0) is 31.6 Å². The summed E-state index contributed by atoms with van der Waals surface area (Å²) in [4.78, 5) is 28.5. The van der Waals surface area contributed by atoms with Crippen LogP contribution in [0, 0.1) is 5.92 Å². The Labute approximate surface area is 145 Å². The third-order valence-corrected chi connectivity index (χ3v) is 5.51. The Morgan fingerprint density at radius 1 is 1.00 bits per heavy atom.